The Bertz CT molecular complexity index is 804. The lowest BCUT2D eigenvalue weighted by molar-refractivity contribution is -0.114. The standard InChI is InChI=1S/C15H15N5O3S/c1-9(21)17-14-19-12(8-24-14)13(22)18-10-3-2-4-11(7-10)20-6-5-16-15(20)23/h2-4,7-8H,5-6H2,1H3,(H,16,23)(H,18,22)(H,17,19,21). The third kappa shape index (κ3) is 3.51. The number of anilines is 3. The van der Waals surface area contributed by atoms with Crippen LogP contribution in [0.15, 0.2) is 29.6 Å². The van der Waals surface area contributed by atoms with Gasteiger partial charge in [0.05, 0.1) is 0 Å². The van der Waals surface area contributed by atoms with Gasteiger partial charge >= 0.3 is 6.03 Å². The number of nitrogens with zero attached hydrogens (tertiary/aromatic N) is 2. The van der Waals surface area contributed by atoms with E-state index in [0.717, 1.165) is 0 Å². The van der Waals surface area contributed by atoms with Crippen molar-refractivity contribution in [1.29, 1.82) is 0 Å². The monoisotopic (exact) mass is 345 g/mol. The fourth-order valence-corrected chi connectivity index (χ4v) is 2.99. The van der Waals surface area contributed by atoms with Crippen LogP contribution in [0.25, 0.3) is 0 Å². The fraction of sp³-hybridized carbons (Fsp3) is 0.200. The molecule has 1 aliphatic rings. The third-order valence-electron chi connectivity index (χ3n) is 3.29. The summed E-state index contributed by atoms with van der Waals surface area (Å²) in [6, 6.07) is 6.87. The van der Waals surface area contributed by atoms with E-state index in [1.165, 1.54) is 18.3 Å². The van der Waals surface area contributed by atoms with Crippen LogP contribution < -0.4 is 20.9 Å². The molecule has 1 aromatic heterocycles. The molecule has 3 rings (SSSR count). The first-order valence-electron chi connectivity index (χ1n) is 7.23. The number of rotatable bonds is 4. The zero-order valence-electron chi connectivity index (χ0n) is 12.8. The molecule has 0 bridgehead atoms. The number of hydrogen-bond acceptors (Lipinski definition) is 5. The lowest BCUT2D eigenvalue weighted by Gasteiger charge is -2.15. The molecule has 0 radical (unpaired) electrons. The van der Waals surface area contributed by atoms with Gasteiger partial charge in [-0.25, -0.2) is 9.78 Å². The van der Waals surface area contributed by atoms with Crippen molar-refractivity contribution in [1.82, 2.24) is 10.3 Å². The minimum atomic E-state index is -0.383. The van der Waals surface area contributed by atoms with Crippen molar-refractivity contribution in [2.24, 2.45) is 0 Å². The van der Waals surface area contributed by atoms with E-state index in [1.54, 1.807) is 34.5 Å². The van der Waals surface area contributed by atoms with E-state index in [2.05, 4.69) is 20.9 Å². The van der Waals surface area contributed by atoms with Crippen molar-refractivity contribution >= 4 is 45.7 Å². The first-order chi connectivity index (χ1) is 11.5. The normalized spacial score (nSPS) is 13.5. The Morgan fingerprint density at radius 1 is 1.33 bits per heavy atom. The summed E-state index contributed by atoms with van der Waals surface area (Å²) < 4.78 is 0. The van der Waals surface area contributed by atoms with Gasteiger partial charge in [0.1, 0.15) is 5.69 Å². The minimum absolute atomic E-state index is 0.155. The highest BCUT2D eigenvalue weighted by Crippen LogP contribution is 2.22. The summed E-state index contributed by atoms with van der Waals surface area (Å²) in [4.78, 5) is 40.6. The van der Waals surface area contributed by atoms with Crippen LogP contribution in [-0.4, -0.2) is 35.9 Å². The van der Waals surface area contributed by atoms with Crippen LogP contribution in [0, 0.1) is 0 Å². The molecule has 1 saturated heterocycles. The predicted molar refractivity (Wildman–Crippen MR) is 91.6 cm³/mol. The zero-order chi connectivity index (χ0) is 17.1. The molecule has 8 nitrogen and oxygen atoms in total. The first kappa shape index (κ1) is 15.9. The molecule has 9 heteroatoms. The molecule has 0 spiro atoms. The molecule has 0 unspecified atom stereocenters. The van der Waals surface area contributed by atoms with Crippen LogP contribution in [0.3, 0.4) is 0 Å². The Morgan fingerprint density at radius 2 is 2.17 bits per heavy atom. The largest absolute Gasteiger partial charge is 0.336 e. The van der Waals surface area contributed by atoms with Gasteiger partial charge in [-0.15, -0.1) is 11.3 Å². The molecule has 3 N–H and O–H groups in total. The average molecular weight is 345 g/mol. The second-order valence-electron chi connectivity index (χ2n) is 5.11. The van der Waals surface area contributed by atoms with E-state index in [4.69, 9.17) is 0 Å². The van der Waals surface area contributed by atoms with Gasteiger partial charge < -0.3 is 16.0 Å². The molecule has 1 aromatic carbocycles. The molecule has 0 aliphatic carbocycles. The maximum Gasteiger partial charge on any atom is 0.321 e. The second kappa shape index (κ2) is 6.67. The van der Waals surface area contributed by atoms with Gasteiger partial charge in [-0.1, -0.05) is 6.07 Å². The molecule has 2 heterocycles. The second-order valence-corrected chi connectivity index (χ2v) is 5.97. The van der Waals surface area contributed by atoms with E-state index >= 15 is 0 Å². The van der Waals surface area contributed by atoms with E-state index in [1.807, 2.05) is 0 Å². The van der Waals surface area contributed by atoms with Crippen LogP contribution in [0.5, 0.6) is 0 Å². The predicted octanol–water partition coefficient (Wildman–Crippen LogP) is 1.88. The van der Waals surface area contributed by atoms with Crippen LogP contribution in [0.1, 0.15) is 17.4 Å². The first-order valence-corrected chi connectivity index (χ1v) is 8.11. The lowest BCUT2D eigenvalue weighted by atomic mass is 10.2. The zero-order valence-corrected chi connectivity index (χ0v) is 13.6. The average Bonchev–Trinajstić information content (AvgIpc) is 3.16. The van der Waals surface area contributed by atoms with Crippen molar-refractivity contribution in [2.45, 2.75) is 6.92 Å². The third-order valence-corrected chi connectivity index (χ3v) is 4.05. The molecular formula is C15H15N5O3S. The van der Waals surface area contributed by atoms with Crippen LogP contribution in [0.2, 0.25) is 0 Å². The smallest absolute Gasteiger partial charge is 0.321 e. The number of amides is 4. The van der Waals surface area contributed by atoms with Crippen molar-refractivity contribution in [3.63, 3.8) is 0 Å². The van der Waals surface area contributed by atoms with Crippen LogP contribution >= 0.6 is 11.3 Å². The molecule has 24 heavy (non-hydrogen) atoms. The maximum absolute atomic E-state index is 12.2. The summed E-state index contributed by atoms with van der Waals surface area (Å²) in [6.45, 7) is 2.56. The van der Waals surface area contributed by atoms with E-state index in [9.17, 15) is 14.4 Å². The van der Waals surface area contributed by atoms with E-state index in [0.29, 0.717) is 29.6 Å². The van der Waals surface area contributed by atoms with Gasteiger partial charge in [0.2, 0.25) is 5.91 Å². The number of hydrogen-bond donors (Lipinski definition) is 3. The summed E-state index contributed by atoms with van der Waals surface area (Å²) >= 11 is 1.18. The van der Waals surface area contributed by atoms with Gasteiger partial charge in [-0.3, -0.25) is 14.5 Å². The summed E-state index contributed by atoms with van der Waals surface area (Å²) in [6.07, 6.45) is 0. The molecule has 1 aliphatic heterocycles. The molecule has 2 aromatic rings. The highest BCUT2D eigenvalue weighted by Gasteiger charge is 2.21. The quantitative estimate of drug-likeness (QED) is 0.787. The summed E-state index contributed by atoms with van der Waals surface area (Å²) in [5.74, 6) is -0.626. The van der Waals surface area contributed by atoms with Crippen LogP contribution in [0.4, 0.5) is 21.3 Å². The van der Waals surface area contributed by atoms with Crippen molar-refractivity contribution in [2.75, 3.05) is 28.6 Å². The number of carbonyl (C=O) groups excluding carboxylic acids is 3. The van der Waals surface area contributed by atoms with Crippen molar-refractivity contribution in [3.05, 3.63) is 35.3 Å². The molecule has 1 fully saturated rings. The van der Waals surface area contributed by atoms with Crippen molar-refractivity contribution in [3.8, 4) is 0 Å². The highest BCUT2D eigenvalue weighted by atomic mass is 32.1. The summed E-state index contributed by atoms with van der Waals surface area (Å²) in [5, 5.41) is 9.94. The lowest BCUT2D eigenvalue weighted by Crippen LogP contribution is -2.27. The number of aromatic nitrogens is 1. The number of thiazole rings is 1. The Kier molecular flexibility index (Phi) is 4.43. The van der Waals surface area contributed by atoms with Crippen molar-refractivity contribution < 1.29 is 14.4 Å². The van der Waals surface area contributed by atoms with Gasteiger partial charge in [0, 0.05) is 36.8 Å². The maximum atomic E-state index is 12.2. The number of benzene rings is 1. The summed E-state index contributed by atoms with van der Waals surface area (Å²) in [5.41, 5.74) is 1.49. The SMILES string of the molecule is CC(=O)Nc1nc(C(=O)Nc2cccc(N3CCNC3=O)c2)cs1. The molecule has 0 saturated carbocycles. The topological polar surface area (TPSA) is 103 Å². The Morgan fingerprint density at radius 3 is 2.88 bits per heavy atom. The van der Waals surface area contributed by atoms with Gasteiger partial charge in [0.15, 0.2) is 5.13 Å². The molecular weight excluding hydrogens is 330 g/mol. The van der Waals surface area contributed by atoms with Gasteiger partial charge in [-0.2, -0.15) is 0 Å². The number of carbonyl (C=O) groups is 3. The Hall–Kier alpha value is -2.94. The van der Waals surface area contributed by atoms with Gasteiger partial charge in [-0.05, 0) is 18.2 Å². The van der Waals surface area contributed by atoms with E-state index in [-0.39, 0.29) is 23.5 Å². The summed E-state index contributed by atoms with van der Waals surface area (Å²) in [7, 11) is 0. The number of urea groups is 1. The fourth-order valence-electron chi connectivity index (χ4n) is 2.25. The minimum Gasteiger partial charge on any atom is -0.336 e. The number of nitrogens with one attached hydrogen (secondary N) is 3. The molecule has 0 atom stereocenters. The highest BCUT2D eigenvalue weighted by molar-refractivity contribution is 7.14. The Balaban J connectivity index is 1.71. The molecule has 124 valence electrons. The van der Waals surface area contributed by atoms with E-state index < -0.39 is 0 Å². The Labute approximate surface area is 141 Å². The molecule has 4 amide bonds. The van der Waals surface area contributed by atoms with Crippen LogP contribution in [-0.2, 0) is 4.79 Å². The van der Waals surface area contributed by atoms with Gasteiger partial charge in [0.25, 0.3) is 5.91 Å².